The molecule has 0 saturated carbocycles. The Bertz CT molecular complexity index is 522. The van der Waals surface area contributed by atoms with E-state index in [2.05, 4.69) is 40.0 Å². The molecule has 20 heavy (non-hydrogen) atoms. The van der Waals surface area contributed by atoms with E-state index in [1.807, 2.05) is 0 Å². The van der Waals surface area contributed by atoms with E-state index in [1.165, 1.54) is 5.69 Å². The monoisotopic (exact) mass is 296 g/mol. The molecule has 0 aliphatic carbocycles. The van der Waals surface area contributed by atoms with Crippen molar-refractivity contribution in [2.24, 2.45) is 0 Å². The van der Waals surface area contributed by atoms with Gasteiger partial charge in [0.2, 0.25) is 0 Å². The number of aromatic nitrogens is 2. The number of nitrogens with one attached hydrogen (secondary N) is 1. The van der Waals surface area contributed by atoms with Gasteiger partial charge < -0.3 is 15.3 Å². The molecule has 6 heteroatoms. The number of aliphatic hydroxyl groups excluding tert-OH is 1. The topological polar surface area (TPSA) is 52.8 Å². The van der Waals surface area contributed by atoms with Crippen LogP contribution in [-0.2, 0) is 6.54 Å². The van der Waals surface area contributed by atoms with Gasteiger partial charge in [0.05, 0.1) is 5.69 Å². The van der Waals surface area contributed by atoms with Gasteiger partial charge in [-0.05, 0) is 26.3 Å². The van der Waals surface area contributed by atoms with Crippen LogP contribution in [0, 0.1) is 0 Å². The Balaban J connectivity index is 2.24. The first kappa shape index (κ1) is 15.3. The smallest absolute Gasteiger partial charge is 0.195 e. The van der Waals surface area contributed by atoms with Crippen molar-refractivity contribution in [3.05, 3.63) is 17.3 Å². The summed E-state index contributed by atoms with van der Waals surface area (Å²) in [6.07, 6.45) is 3.99. The third-order valence-electron chi connectivity index (χ3n) is 3.33. The first-order chi connectivity index (χ1) is 9.81. The lowest BCUT2D eigenvalue weighted by Gasteiger charge is -2.21. The lowest BCUT2D eigenvalue weighted by Crippen LogP contribution is -2.27. The van der Waals surface area contributed by atoms with Gasteiger partial charge in [-0.15, -0.1) is 11.3 Å². The molecule has 0 unspecified atom stereocenters. The summed E-state index contributed by atoms with van der Waals surface area (Å²) in [7, 11) is 0. The first-order valence-corrected chi connectivity index (χ1v) is 8.20. The molecule has 0 atom stereocenters. The van der Waals surface area contributed by atoms with Gasteiger partial charge >= 0.3 is 0 Å². The number of hydrogen-bond donors (Lipinski definition) is 2. The number of imidazole rings is 1. The predicted octanol–water partition coefficient (Wildman–Crippen LogP) is 2.10. The van der Waals surface area contributed by atoms with Gasteiger partial charge in [0.25, 0.3) is 0 Å². The highest BCUT2D eigenvalue weighted by molar-refractivity contribution is 7.15. The van der Waals surface area contributed by atoms with Crippen molar-refractivity contribution in [3.8, 4) is 0 Å². The summed E-state index contributed by atoms with van der Waals surface area (Å²) in [4.78, 5) is 8.05. The molecule has 2 heterocycles. The molecule has 0 aromatic carbocycles. The maximum atomic E-state index is 9.04. The molecule has 112 valence electrons. The summed E-state index contributed by atoms with van der Waals surface area (Å²) in [5, 5.41) is 14.6. The normalized spacial score (nSPS) is 11.3. The fraction of sp³-hybridized carbons (Fsp3) is 0.643. The largest absolute Gasteiger partial charge is 0.396 e. The number of thiazole rings is 1. The predicted molar refractivity (Wildman–Crippen MR) is 84.7 cm³/mol. The molecule has 0 aliphatic heterocycles. The Morgan fingerprint density at radius 3 is 3.00 bits per heavy atom. The van der Waals surface area contributed by atoms with Crippen LogP contribution in [0.2, 0.25) is 0 Å². The Hall–Kier alpha value is -1.11. The van der Waals surface area contributed by atoms with E-state index in [-0.39, 0.29) is 6.61 Å². The second-order valence-corrected chi connectivity index (χ2v) is 5.64. The van der Waals surface area contributed by atoms with Gasteiger partial charge in [0, 0.05) is 37.8 Å². The zero-order chi connectivity index (χ0) is 14.4. The summed E-state index contributed by atoms with van der Waals surface area (Å²) in [6.45, 7) is 8.13. The molecule has 0 aliphatic rings. The summed E-state index contributed by atoms with van der Waals surface area (Å²) in [5.74, 6) is 1.05. The van der Waals surface area contributed by atoms with E-state index in [4.69, 9.17) is 10.1 Å². The van der Waals surface area contributed by atoms with Crippen LogP contribution in [0.15, 0.2) is 11.6 Å². The molecule has 5 nitrogen and oxygen atoms in total. The zero-order valence-electron chi connectivity index (χ0n) is 12.3. The van der Waals surface area contributed by atoms with E-state index in [1.54, 1.807) is 11.3 Å². The molecule has 0 amide bonds. The summed E-state index contributed by atoms with van der Waals surface area (Å²) < 4.78 is 2.17. The highest BCUT2D eigenvalue weighted by atomic mass is 32.1. The Labute approximate surface area is 124 Å². The van der Waals surface area contributed by atoms with Crippen molar-refractivity contribution in [1.82, 2.24) is 14.7 Å². The van der Waals surface area contributed by atoms with Crippen LogP contribution in [0.25, 0.3) is 4.96 Å². The standard InChI is InChI=1S/C14H24N4OS/c1-3-6-15-11-12-13(17(4-2)7-5-9-19)16-14-18(12)8-10-20-14/h8,10,15,19H,3-7,9,11H2,1-2H3. The molecular weight excluding hydrogens is 272 g/mol. The summed E-state index contributed by atoms with van der Waals surface area (Å²) in [5.41, 5.74) is 1.22. The maximum absolute atomic E-state index is 9.04. The van der Waals surface area contributed by atoms with E-state index in [0.717, 1.165) is 49.8 Å². The first-order valence-electron chi connectivity index (χ1n) is 7.32. The maximum Gasteiger partial charge on any atom is 0.195 e. The van der Waals surface area contributed by atoms with E-state index >= 15 is 0 Å². The second kappa shape index (κ2) is 7.61. The van der Waals surface area contributed by atoms with Gasteiger partial charge in [-0.3, -0.25) is 4.40 Å². The van der Waals surface area contributed by atoms with Crippen LogP contribution in [0.1, 0.15) is 32.4 Å². The van der Waals surface area contributed by atoms with Crippen LogP contribution in [0.5, 0.6) is 0 Å². The van der Waals surface area contributed by atoms with Crippen LogP contribution in [0.3, 0.4) is 0 Å². The lowest BCUT2D eigenvalue weighted by molar-refractivity contribution is 0.289. The number of hydrogen-bond acceptors (Lipinski definition) is 5. The van der Waals surface area contributed by atoms with E-state index in [0.29, 0.717) is 0 Å². The Morgan fingerprint density at radius 2 is 2.30 bits per heavy atom. The van der Waals surface area contributed by atoms with Crippen LogP contribution >= 0.6 is 11.3 Å². The molecule has 2 rings (SSSR count). The van der Waals surface area contributed by atoms with Crippen molar-refractivity contribution in [2.75, 3.05) is 31.1 Å². The second-order valence-electron chi connectivity index (χ2n) is 4.77. The molecule has 2 N–H and O–H groups in total. The molecule has 2 aromatic heterocycles. The Kier molecular flexibility index (Phi) is 5.82. The van der Waals surface area contributed by atoms with Crippen LogP contribution < -0.4 is 10.2 Å². The number of aliphatic hydroxyl groups is 1. The van der Waals surface area contributed by atoms with Gasteiger partial charge in [-0.1, -0.05) is 6.92 Å². The fourth-order valence-electron chi connectivity index (χ4n) is 2.30. The Morgan fingerprint density at radius 1 is 1.45 bits per heavy atom. The van der Waals surface area contributed by atoms with E-state index < -0.39 is 0 Å². The van der Waals surface area contributed by atoms with Crippen molar-refractivity contribution >= 4 is 22.1 Å². The zero-order valence-corrected chi connectivity index (χ0v) is 13.1. The molecule has 0 spiro atoms. The molecule has 2 aromatic rings. The van der Waals surface area contributed by atoms with Crippen LogP contribution in [0.4, 0.5) is 5.82 Å². The minimum Gasteiger partial charge on any atom is -0.396 e. The van der Waals surface area contributed by atoms with Gasteiger partial charge in [-0.25, -0.2) is 4.98 Å². The minimum absolute atomic E-state index is 0.224. The molecular formula is C14H24N4OS. The fourth-order valence-corrected chi connectivity index (χ4v) is 3.03. The van der Waals surface area contributed by atoms with Crippen LogP contribution in [-0.4, -0.2) is 40.7 Å². The van der Waals surface area contributed by atoms with Crippen molar-refractivity contribution in [1.29, 1.82) is 0 Å². The van der Waals surface area contributed by atoms with Crippen molar-refractivity contribution in [3.63, 3.8) is 0 Å². The number of fused-ring (bicyclic) bond motifs is 1. The summed E-state index contributed by atoms with van der Waals surface area (Å²) in [6, 6.07) is 0. The quantitative estimate of drug-likeness (QED) is 0.696. The van der Waals surface area contributed by atoms with Crippen molar-refractivity contribution in [2.45, 2.75) is 33.2 Å². The molecule has 0 saturated heterocycles. The van der Waals surface area contributed by atoms with Gasteiger partial charge in [0.15, 0.2) is 10.8 Å². The average Bonchev–Trinajstić information content (AvgIpc) is 3.03. The van der Waals surface area contributed by atoms with Crippen molar-refractivity contribution < 1.29 is 5.11 Å². The third kappa shape index (κ3) is 3.31. The number of anilines is 1. The average molecular weight is 296 g/mol. The van der Waals surface area contributed by atoms with Gasteiger partial charge in [-0.2, -0.15) is 0 Å². The highest BCUT2D eigenvalue weighted by Crippen LogP contribution is 2.24. The SMILES string of the molecule is CCCNCc1c(N(CC)CCCO)nc2sccn12. The van der Waals surface area contributed by atoms with Gasteiger partial charge in [0.1, 0.15) is 0 Å². The number of nitrogens with zero attached hydrogens (tertiary/aromatic N) is 3. The molecule has 0 fully saturated rings. The minimum atomic E-state index is 0.224. The molecule has 0 radical (unpaired) electrons. The lowest BCUT2D eigenvalue weighted by atomic mass is 10.3. The molecule has 0 bridgehead atoms. The number of rotatable bonds is 9. The highest BCUT2D eigenvalue weighted by Gasteiger charge is 2.17. The summed E-state index contributed by atoms with van der Waals surface area (Å²) >= 11 is 1.66. The van der Waals surface area contributed by atoms with E-state index in [9.17, 15) is 0 Å². The third-order valence-corrected chi connectivity index (χ3v) is 4.08.